The van der Waals surface area contributed by atoms with E-state index in [1.165, 1.54) is 6.42 Å². The second kappa shape index (κ2) is 2.89. The summed E-state index contributed by atoms with van der Waals surface area (Å²) in [5, 5.41) is 0. The third-order valence-corrected chi connectivity index (χ3v) is 2.17. The fourth-order valence-electron chi connectivity index (χ4n) is 1.64. The maximum atomic E-state index is 5.62. The van der Waals surface area contributed by atoms with E-state index in [9.17, 15) is 0 Å². The van der Waals surface area contributed by atoms with Crippen molar-refractivity contribution >= 4 is 0 Å². The minimum absolute atomic E-state index is 0.00319. The van der Waals surface area contributed by atoms with Crippen LogP contribution in [0.4, 0.5) is 0 Å². The summed E-state index contributed by atoms with van der Waals surface area (Å²) in [6, 6.07) is 0. The lowest BCUT2D eigenvalue weighted by molar-refractivity contribution is -0.0311. The van der Waals surface area contributed by atoms with Crippen LogP contribution in [0.15, 0.2) is 0 Å². The first kappa shape index (κ1) is 8.02. The van der Waals surface area contributed by atoms with Gasteiger partial charge in [0.25, 0.3) is 0 Å². The van der Waals surface area contributed by atoms with Gasteiger partial charge in [0.05, 0.1) is 5.60 Å². The molecule has 0 bridgehead atoms. The van der Waals surface area contributed by atoms with E-state index in [0.29, 0.717) is 0 Å². The van der Waals surface area contributed by atoms with E-state index in [-0.39, 0.29) is 11.8 Å². The smallest absolute Gasteiger partial charge is 0.106 e. The zero-order valence-corrected chi connectivity index (χ0v) is 6.89. The van der Waals surface area contributed by atoms with Gasteiger partial charge < -0.3 is 10.5 Å². The van der Waals surface area contributed by atoms with Gasteiger partial charge in [-0.05, 0) is 26.2 Å². The van der Waals surface area contributed by atoms with Gasteiger partial charge >= 0.3 is 0 Å². The molecule has 2 nitrogen and oxygen atoms in total. The Bertz CT molecular complexity index is 112. The van der Waals surface area contributed by atoms with Crippen LogP contribution in [0.2, 0.25) is 0 Å². The van der Waals surface area contributed by atoms with E-state index in [0.717, 1.165) is 19.3 Å². The summed E-state index contributed by atoms with van der Waals surface area (Å²) in [5.41, 5.74) is 5.71. The third kappa shape index (κ3) is 1.70. The van der Waals surface area contributed by atoms with E-state index < -0.39 is 0 Å². The molecule has 10 heavy (non-hydrogen) atoms. The van der Waals surface area contributed by atoms with E-state index in [1.54, 1.807) is 0 Å². The molecule has 2 heteroatoms. The van der Waals surface area contributed by atoms with Gasteiger partial charge in [0.15, 0.2) is 0 Å². The van der Waals surface area contributed by atoms with Gasteiger partial charge in [-0.3, -0.25) is 0 Å². The van der Waals surface area contributed by atoms with Gasteiger partial charge in [-0.2, -0.15) is 0 Å². The van der Waals surface area contributed by atoms with E-state index in [4.69, 9.17) is 10.5 Å². The summed E-state index contributed by atoms with van der Waals surface area (Å²) >= 11 is 0. The van der Waals surface area contributed by atoms with E-state index in [2.05, 4.69) is 13.8 Å². The summed E-state index contributed by atoms with van der Waals surface area (Å²) < 4.78 is 5.57. The van der Waals surface area contributed by atoms with Crippen LogP contribution in [0.5, 0.6) is 0 Å². The number of hydrogen-bond donors (Lipinski definition) is 1. The van der Waals surface area contributed by atoms with Crippen LogP contribution >= 0.6 is 0 Å². The van der Waals surface area contributed by atoms with Gasteiger partial charge in [0.1, 0.15) is 6.23 Å². The summed E-state index contributed by atoms with van der Waals surface area (Å²) in [7, 11) is 0. The zero-order valence-electron chi connectivity index (χ0n) is 6.89. The normalized spacial score (nSPS) is 40.5. The van der Waals surface area contributed by atoms with Crippen molar-refractivity contribution in [1.29, 1.82) is 0 Å². The van der Waals surface area contributed by atoms with Gasteiger partial charge in [-0.25, -0.2) is 0 Å². The molecule has 0 aromatic rings. The molecule has 2 N–H and O–H groups in total. The maximum absolute atomic E-state index is 5.62. The third-order valence-electron chi connectivity index (χ3n) is 2.17. The average Bonchev–Trinajstić information content (AvgIpc) is 2.12. The van der Waals surface area contributed by atoms with Crippen LogP contribution < -0.4 is 5.73 Å². The molecule has 0 amide bonds. The predicted molar refractivity (Wildman–Crippen MR) is 41.6 cm³/mol. The lowest BCUT2D eigenvalue weighted by Gasteiger charge is -2.22. The van der Waals surface area contributed by atoms with Crippen molar-refractivity contribution in [2.75, 3.05) is 0 Å². The number of nitrogens with two attached hydrogens (primary N) is 1. The molecular weight excluding hydrogens is 126 g/mol. The highest BCUT2D eigenvalue weighted by Crippen LogP contribution is 2.31. The highest BCUT2D eigenvalue weighted by atomic mass is 16.5. The molecule has 1 rings (SSSR count). The van der Waals surface area contributed by atoms with Crippen LogP contribution in [-0.2, 0) is 4.74 Å². The second-order valence-electron chi connectivity index (χ2n) is 3.39. The first-order chi connectivity index (χ1) is 4.66. The van der Waals surface area contributed by atoms with Crippen molar-refractivity contribution in [1.82, 2.24) is 0 Å². The molecule has 0 aromatic heterocycles. The molecule has 1 aliphatic rings. The highest BCUT2D eigenvalue weighted by molar-refractivity contribution is 4.82. The molecule has 0 aromatic carbocycles. The van der Waals surface area contributed by atoms with Crippen LogP contribution in [0.1, 0.15) is 39.5 Å². The maximum Gasteiger partial charge on any atom is 0.106 e. The average molecular weight is 143 g/mol. The molecule has 60 valence electrons. The molecule has 0 radical (unpaired) electrons. The molecule has 1 fully saturated rings. The Morgan fingerprint density at radius 3 is 2.80 bits per heavy atom. The first-order valence-corrected chi connectivity index (χ1v) is 4.10. The first-order valence-electron chi connectivity index (χ1n) is 4.10. The Morgan fingerprint density at radius 2 is 2.40 bits per heavy atom. The van der Waals surface area contributed by atoms with E-state index in [1.807, 2.05) is 0 Å². The topological polar surface area (TPSA) is 35.2 Å². The number of ether oxygens (including phenoxy) is 1. The van der Waals surface area contributed by atoms with Crippen molar-refractivity contribution in [3.05, 3.63) is 0 Å². The van der Waals surface area contributed by atoms with Gasteiger partial charge in [0, 0.05) is 0 Å². The molecule has 2 atom stereocenters. The van der Waals surface area contributed by atoms with Crippen LogP contribution in [0.3, 0.4) is 0 Å². The Labute approximate surface area is 62.7 Å². The van der Waals surface area contributed by atoms with Crippen LogP contribution in [0.25, 0.3) is 0 Å². The Balaban J connectivity index is 2.38. The van der Waals surface area contributed by atoms with Crippen LogP contribution in [-0.4, -0.2) is 11.8 Å². The summed E-state index contributed by atoms with van der Waals surface area (Å²) in [5.74, 6) is 0. The van der Waals surface area contributed by atoms with Crippen molar-refractivity contribution in [2.45, 2.75) is 51.4 Å². The molecule has 1 heterocycles. The molecule has 2 unspecified atom stereocenters. The molecule has 1 saturated heterocycles. The highest BCUT2D eigenvalue weighted by Gasteiger charge is 2.32. The second-order valence-corrected chi connectivity index (χ2v) is 3.39. The van der Waals surface area contributed by atoms with Crippen molar-refractivity contribution in [3.63, 3.8) is 0 Å². The molecule has 0 spiro atoms. The lowest BCUT2D eigenvalue weighted by Crippen LogP contribution is -2.28. The Morgan fingerprint density at radius 1 is 1.70 bits per heavy atom. The molecular formula is C8H17NO. The SMILES string of the molecule is CCCC1(C)CCC(N)O1. The standard InChI is InChI=1S/C8H17NO/c1-3-5-8(2)6-4-7(9)10-8/h7H,3-6,9H2,1-2H3. The Hall–Kier alpha value is -0.0800. The fourth-order valence-corrected chi connectivity index (χ4v) is 1.64. The minimum atomic E-state index is -0.00319. The largest absolute Gasteiger partial charge is 0.357 e. The van der Waals surface area contributed by atoms with Crippen LogP contribution in [0, 0.1) is 0 Å². The van der Waals surface area contributed by atoms with Gasteiger partial charge in [-0.1, -0.05) is 13.3 Å². The lowest BCUT2D eigenvalue weighted by atomic mass is 9.97. The number of rotatable bonds is 2. The van der Waals surface area contributed by atoms with Gasteiger partial charge in [0.2, 0.25) is 0 Å². The minimum Gasteiger partial charge on any atom is -0.357 e. The summed E-state index contributed by atoms with van der Waals surface area (Å²) in [6.45, 7) is 4.34. The van der Waals surface area contributed by atoms with Crippen molar-refractivity contribution < 1.29 is 4.74 Å². The summed E-state index contributed by atoms with van der Waals surface area (Å²) in [6.07, 6.45) is 4.47. The number of hydrogen-bond acceptors (Lipinski definition) is 2. The fraction of sp³-hybridized carbons (Fsp3) is 1.00. The predicted octanol–water partition coefficient (Wildman–Crippen LogP) is 1.64. The monoisotopic (exact) mass is 143 g/mol. The van der Waals surface area contributed by atoms with Crippen molar-refractivity contribution in [3.8, 4) is 0 Å². The van der Waals surface area contributed by atoms with Gasteiger partial charge in [-0.15, -0.1) is 0 Å². The molecule has 0 saturated carbocycles. The quantitative estimate of drug-likeness (QED) is 0.637. The zero-order chi connectivity index (χ0) is 7.61. The Kier molecular flexibility index (Phi) is 2.32. The molecule has 1 aliphatic heterocycles. The summed E-state index contributed by atoms with van der Waals surface area (Å²) in [4.78, 5) is 0. The van der Waals surface area contributed by atoms with E-state index >= 15 is 0 Å². The van der Waals surface area contributed by atoms with Crippen molar-refractivity contribution in [2.24, 2.45) is 5.73 Å². The molecule has 0 aliphatic carbocycles.